The third-order valence-electron chi connectivity index (χ3n) is 6.41. The number of aliphatic hydroxyl groups excluding tert-OH is 1. The Balaban J connectivity index is 1.35. The van der Waals surface area contributed by atoms with Crippen LogP contribution < -0.4 is 21.3 Å². The summed E-state index contributed by atoms with van der Waals surface area (Å²) in [5.41, 5.74) is 0.258. The van der Waals surface area contributed by atoms with Crippen LogP contribution in [0.4, 0.5) is 4.39 Å². The number of aromatic nitrogens is 2. The number of halogens is 1. The Bertz CT molecular complexity index is 1340. The van der Waals surface area contributed by atoms with E-state index in [1.165, 1.54) is 6.20 Å². The average Bonchev–Trinajstić information content (AvgIpc) is 3.14. The Kier molecular flexibility index (Phi) is 6.00. The van der Waals surface area contributed by atoms with Gasteiger partial charge in [-0.15, -0.1) is 0 Å². The number of aliphatic hydroxyl groups is 1. The van der Waals surface area contributed by atoms with Gasteiger partial charge in [-0.1, -0.05) is 43.3 Å². The van der Waals surface area contributed by atoms with E-state index in [9.17, 15) is 23.9 Å². The van der Waals surface area contributed by atoms with Crippen molar-refractivity contribution in [1.82, 2.24) is 14.9 Å². The molecule has 10 heteroatoms. The first-order valence-corrected chi connectivity index (χ1v) is 11.3. The minimum atomic E-state index is -1.94. The van der Waals surface area contributed by atoms with Gasteiger partial charge in [-0.25, -0.2) is 9.18 Å². The number of hydrogen-bond donors (Lipinski definition) is 3. The highest BCUT2D eigenvalue weighted by atomic mass is 19.1. The van der Waals surface area contributed by atoms with Gasteiger partial charge in [0.15, 0.2) is 12.4 Å². The highest BCUT2D eigenvalue weighted by Crippen LogP contribution is 2.44. The quantitative estimate of drug-likeness (QED) is 0.510. The fourth-order valence-electron chi connectivity index (χ4n) is 4.56. The van der Waals surface area contributed by atoms with Crippen LogP contribution in [0.5, 0.6) is 11.5 Å². The Hall–Kier alpha value is -3.76. The van der Waals surface area contributed by atoms with Crippen molar-refractivity contribution in [2.45, 2.75) is 43.9 Å². The number of carbonyl (C=O) groups is 1. The number of carbonyl (C=O) groups excluding carboxylic acids is 1. The molecule has 3 N–H and O–H groups in total. The summed E-state index contributed by atoms with van der Waals surface area (Å²) in [7, 11) is 0. The molecule has 35 heavy (non-hydrogen) atoms. The minimum Gasteiger partial charge on any atom is -0.457 e. The summed E-state index contributed by atoms with van der Waals surface area (Å²) in [6, 6.07) is 14.4. The van der Waals surface area contributed by atoms with E-state index in [-0.39, 0.29) is 18.0 Å². The van der Waals surface area contributed by atoms with Crippen LogP contribution in [0.15, 0.2) is 64.3 Å². The molecule has 1 fully saturated rings. The highest BCUT2D eigenvalue weighted by Gasteiger charge is 2.46. The van der Waals surface area contributed by atoms with E-state index in [4.69, 9.17) is 9.47 Å². The Morgan fingerprint density at radius 1 is 1.11 bits per heavy atom. The van der Waals surface area contributed by atoms with Crippen LogP contribution in [0, 0.1) is 0 Å². The molecule has 4 atom stereocenters. The fraction of sp³-hybridized carbons (Fsp3) is 0.320. The molecule has 3 aromatic rings. The average molecular weight is 481 g/mol. The second-order valence-electron chi connectivity index (χ2n) is 8.53. The van der Waals surface area contributed by atoms with E-state index in [1.54, 1.807) is 31.2 Å². The van der Waals surface area contributed by atoms with Gasteiger partial charge in [-0.2, -0.15) is 0 Å². The first kappa shape index (κ1) is 23.0. The second kappa shape index (κ2) is 9.12. The molecular weight excluding hydrogens is 457 g/mol. The van der Waals surface area contributed by atoms with Crippen LogP contribution in [-0.2, 0) is 16.0 Å². The number of aryl methyl sites for hydroxylation is 1. The SMILES string of the molecule is CCc1cn([C@@H]2O[C@H](CNC(=O)C3c4ccccc4Oc4ccccc43)[C@@H](O)[C@@H]2F)c(=O)[nH]c1=O. The molecule has 2 aromatic carbocycles. The van der Waals surface area contributed by atoms with Gasteiger partial charge in [0, 0.05) is 29.4 Å². The number of nitrogens with zero attached hydrogens (tertiary/aromatic N) is 1. The predicted molar refractivity (Wildman–Crippen MR) is 123 cm³/mol. The largest absolute Gasteiger partial charge is 0.457 e. The number of H-pyrrole nitrogens is 1. The normalized spacial score (nSPS) is 23.3. The zero-order chi connectivity index (χ0) is 24.7. The molecule has 0 spiro atoms. The summed E-state index contributed by atoms with van der Waals surface area (Å²) in [6.07, 6.45) is -4.50. The number of amides is 1. The van der Waals surface area contributed by atoms with Gasteiger partial charge in [0.1, 0.15) is 23.7 Å². The number of fused-ring (bicyclic) bond motifs is 2. The molecule has 0 radical (unpaired) electrons. The van der Waals surface area contributed by atoms with Crippen molar-refractivity contribution in [2.24, 2.45) is 0 Å². The van der Waals surface area contributed by atoms with Gasteiger partial charge in [0.05, 0.1) is 5.92 Å². The first-order chi connectivity index (χ1) is 16.9. The van der Waals surface area contributed by atoms with Crippen LogP contribution in [0.3, 0.4) is 0 Å². The third-order valence-corrected chi connectivity index (χ3v) is 6.41. The molecule has 5 rings (SSSR count). The van der Waals surface area contributed by atoms with E-state index in [0.29, 0.717) is 29.0 Å². The lowest BCUT2D eigenvalue weighted by Gasteiger charge is -2.28. The summed E-state index contributed by atoms with van der Waals surface area (Å²) in [5.74, 6) is 0.103. The molecule has 0 saturated carbocycles. The molecule has 2 aliphatic heterocycles. The molecule has 0 unspecified atom stereocenters. The summed E-state index contributed by atoms with van der Waals surface area (Å²) in [6.45, 7) is 1.54. The number of nitrogens with one attached hydrogen (secondary N) is 2. The topological polar surface area (TPSA) is 123 Å². The molecule has 2 aliphatic rings. The van der Waals surface area contributed by atoms with Crippen molar-refractivity contribution in [3.63, 3.8) is 0 Å². The monoisotopic (exact) mass is 481 g/mol. The highest BCUT2D eigenvalue weighted by molar-refractivity contribution is 5.89. The first-order valence-electron chi connectivity index (χ1n) is 11.3. The molecule has 182 valence electrons. The number of aromatic amines is 1. The van der Waals surface area contributed by atoms with Crippen molar-refractivity contribution in [2.75, 3.05) is 6.54 Å². The summed E-state index contributed by atoms with van der Waals surface area (Å²) >= 11 is 0. The molecule has 9 nitrogen and oxygen atoms in total. The summed E-state index contributed by atoms with van der Waals surface area (Å²) in [5, 5.41) is 13.2. The lowest BCUT2D eigenvalue weighted by molar-refractivity contribution is -0.123. The molecule has 0 aliphatic carbocycles. The van der Waals surface area contributed by atoms with E-state index in [0.717, 1.165) is 4.57 Å². The van der Waals surface area contributed by atoms with E-state index in [2.05, 4.69) is 10.3 Å². The van der Waals surface area contributed by atoms with Crippen molar-refractivity contribution < 1.29 is 23.8 Å². The Morgan fingerprint density at radius 2 is 1.74 bits per heavy atom. The molecule has 1 saturated heterocycles. The molecular formula is C25H24FN3O6. The van der Waals surface area contributed by atoms with Crippen molar-refractivity contribution >= 4 is 5.91 Å². The number of benzene rings is 2. The summed E-state index contributed by atoms with van der Waals surface area (Å²) < 4.78 is 27.4. The third kappa shape index (κ3) is 4.04. The number of alkyl halides is 1. The minimum absolute atomic E-state index is 0.183. The van der Waals surface area contributed by atoms with E-state index < -0.39 is 41.8 Å². The maximum atomic E-state index is 15.0. The van der Waals surface area contributed by atoms with Crippen LogP contribution in [0.25, 0.3) is 0 Å². The lowest BCUT2D eigenvalue weighted by Crippen LogP contribution is -2.41. The Labute approximate surface area is 199 Å². The van der Waals surface area contributed by atoms with Crippen molar-refractivity contribution in [3.8, 4) is 11.5 Å². The van der Waals surface area contributed by atoms with E-state index >= 15 is 0 Å². The van der Waals surface area contributed by atoms with Gasteiger partial charge in [0.2, 0.25) is 5.91 Å². The van der Waals surface area contributed by atoms with Crippen molar-refractivity contribution in [3.05, 3.63) is 92.3 Å². The number of rotatable bonds is 5. The number of hydrogen-bond acceptors (Lipinski definition) is 6. The van der Waals surface area contributed by atoms with Crippen LogP contribution in [0.1, 0.15) is 35.8 Å². The smallest absolute Gasteiger partial charge is 0.330 e. The van der Waals surface area contributed by atoms with Crippen LogP contribution in [0.2, 0.25) is 0 Å². The molecule has 3 heterocycles. The number of para-hydroxylation sites is 2. The van der Waals surface area contributed by atoms with Gasteiger partial charge in [0.25, 0.3) is 5.56 Å². The molecule has 1 aromatic heterocycles. The van der Waals surface area contributed by atoms with Gasteiger partial charge >= 0.3 is 5.69 Å². The van der Waals surface area contributed by atoms with Crippen LogP contribution in [-0.4, -0.2) is 45.5 Å². The van der Waals surface area contributed by atoms with Gasteiger partial charge < -0.3 is 19.9 Å². The Morgan fingerprint density at radius 3 is 2.37 bits per heavy atom. The molecule has 0 bridgehead atoms. The summed E-state index contributed by atoms with van der Waals surface area (Å²) in [4.78, 5) is 39.5. The fourth-order valence-corrected chi connectivity index (χ4v) is 4.56. The van der Waals surface area contributed by atoms with Crippen LogP contribution >= 0.6 is 0 Å². The predicted octanol–water partition coefficient (Wildman–Crippen LogP) is 1.75. The second-order valence-corrected chi connectivity index (χ2v) is 8.53. The maximum absolute atomic E-state index is 15.0. The standard InChI is InChI=1S/C25H24FN3O6/c1-2-13-12-29(25(33)28-22(13)31)24-20(26)21(30)18(35-24)11-27-23(32)19-14-7-3-5-9-16(14)34-17-10-6-4-8-15(17)19/h3-10,12,18-21,24,30H,2,11H2,1H3,(H,27,32)(H,28,31,33)/t18-,20+,21-,24-/m1/s1. The van der Waals surface area contributed by atoms with E-state index in [1.807, 2.05) is 24.3 Å². The zero-order valence-corrected chi connectivity index (χ0v) is 18.8. The van der Waals surface area contributed by atoms with Crippen molar-refractivity contribution in [1.29, 1.82) is 0 Å². The zero-order valence-electron chi connectivity index (χ0n) is 18.8. The van der Waals surface area contributed by atoms with Gasteiger partial charge in [-0.3, -0.25) is 19.1 Å². The maximum Gasteiger partial charge on any atom is 0.330 e. The number of ether oxygens (including phenoxy) is 2. The van der Waals surface area contributed by atoms with Gasteiger partial charge in [-0.05, 0) is 18.6 Å². The lowest BCUT2D eigenvalue weighted by atomic mass is 9.87. The molecule has 1 amide bonds.